The number of aromatic nitrogens is 1. The van der Waals surface area contributed by atoms with Crippen molar-refractivity contribution in [3.05, 3.63) is 53.9 Å². The Labute approximate surface area is 112 Å². The molecule has 0 aliphatic rings. The van der Waals surface area contributed by atoms with Crippen molar-refractivity contribution in [3.8, 4) is 0 Å². The number of hydrogen-bond donors (Lipinski definition) is 2. The van der Waals surface area contributed by atoms with Crippen LogP contribution in [0.1, 0.15) is 11.1 Å². The van der Waals surface area contributed by atoms with Gasteiger partial charge in [0, 0.05) is 24.6 Å². The van der Waals surface area contributed by atoms with Crippen LogP contribution < -0.4 is 10.5 Å². The van der Waals surface area contributed by atoms with E-state index in [0.29, 0.717) is 12.2 Å². The van der Waals surface area contributed by atoms with Crippen LogP contribution >= 0.6 is 0 Å². The van der Waals surface area contributed by atoms with Crippen molar-refractivity contribution in [3.63, 3.8) is 0 Å². The van der Waals surface area contributed by atoms with Crippen molar-refractivity contribution < 1.29 is 8.42 Å². The van der Waals surface area contributed by atoms with Crippen molar-refractivity contribution in [1.82, 2.24) is 4.98 Å². The van der Waals surface area contributed by atoms with Crippen molar-refractivity contribution in [2.75, 3.05) is 5.32 Å². The Morgan fingerprint density at radius 1 is 1.32 bits per heavy atom. The molecule has 3 N–H and O–H groups in total. The molecule has 6 heteroatoms. The smallest absolute Gasteiger partial charge is 0.238 e. The van der Waals surface area contributed by atoms with Gasteiger partial charge in [-0.15, -0.1) is 0 Å². The van der Waals surface area contributed by atoms with E-state index >= 15 is 0 Å². The summed E-state index contributed by atoms with van der Waals surface area (Å²) in [7, 11) is -3.67. The molecule has 100 valence electrons. The van der Waals surface area contributed by atoms with Gasteiger partial charge in [0.1, 0.15) is 0 Å². The third-order valence-electron chi connectivity index (χ3n) is 2.79. The third kappa shape index (κ3) is 3.52. The van der Waals surface area contributed by atoms with Crippen LogP contribution in [0.15, 0.2) is 47.6 Å². The zero-order valence-corrected chi connectivity index (χ0v) is 11.3. The van der Waals surface area contributed by atoms with Gasteiger partial charge < -0.3 is 5.32 Å². The first-order valence-electron chi connectivity index (χ1n) is 5.73. The number of aryl methyl sites for hydroxylation is 1. The molecule has 0 fully saturated rings. The number of anilines is 1. The first-order valence-corrected chi connectivity index (χ1v) is 7.28. The SMILES string of the molecule is Cc1ccncc1CNc1cccc(S(N)(=O)=O)c1. The Hall–Kier alpha value is -1.92. The first kappa shape index (κ1) is 13.5. The molecular formula is C13H15N3O2S. The van der Waals surface area contributed by atoms with Gasteiger partial charge in [-0.3, -0.25) is 4.98 Å². The lowest BCUT2D eigenvalue weighted by atomic mass is 10.1. The molecule has 5 nitrogen and oxygen atoms in total. The lowest BCUT2D eigenvalue weighted by molar-refractivity contribution is 0.598. The summed E-state index contributed by atoms with van der Waals surface area (Å²) in [6.07, 6.45) is 3.52. The zero-order chi connectivity index (χ0) is 13.9. The Morgan fingerprint density at radius 3 is 2.79 bits per heavy atom. The summed E-state index contributed by atoms with van der Waals surface area (Å²) in [5, 5.41) is 8.25. The molecule has 0 unspecified atom stereocenters. The molecule has 0 saturated heterocycles. The quantitative estimate of drug-likeness (QED) is 0.889. The molecule has 1 heterocycles. The van der Waals surface area contributed by atoms with Gasteiger partial charge in [-0.1, -0.05) is 6.07 Å². The molecule has 0 aliphatic heterocycles. The second-order valence-electron chi connectivity index (χ2n) is 4.23. The maximum atomic E-state index is 11.3. The number of primary sulfonamides is 1. The number of nitrogens with two attached hydrogens (primary N) is 1. The van der Waals surface area contributed by atoms with Crippen LogP contribution in [0.2, 0.25) is 0 Å². The highest BCUT2D eigenvalue weighted by Gasteiger charge is 2.07. The van der Waals surface area contributed by atoms with Crippen molar-refractivity contribution in [1.29, 1.82) is 0 Å². The molecule has 0 aliphatic carbocycles. The maximum absolute atomic E-state index is 11.3. The molecule has 0 bridgehead atoms. The predicted molar refractivity (Wildman–Crippen MR) is 74.1 cm³/mol. The largest absolute Gasteiger partial charge is 0.381 e. The van der Waals surface area contributed by atoms with E-state index in [-0.39, 0.29) is 4.90 Å². The minimum atomic E-state index is -3.67. The number of sulfonamides is 1. The lowest BCUT2D eigenvalue weighted by Gasteiger charge is -2.09. The van der Waals surface area contributed by atoms with Crippen LogP contribution in [0.5, 0.6) is 0 Å². The number of hydrogen-bond acceptors (Lipinski definition) is 4. The molecule has 1 aromatic carbocycles. The van der Waals surface area contributed by atoms with Crippen molar-refractivity contribution in [2.45, 2.75) is 18.4 Å². The van der Waals surface area contributed by atoms with E-state index < -0.39 is 10.0 Å². The molecule has 2 rings (SSSR count). The highest BCUT2D eigenvalue weighted by Crippen LogP contribution is 2.15. The van der Waals surface area contributed by atoms with Gasteiger partial charge in [0.25, 0.3) is 0 Å². The fourth-order valence-corrected chi connectivity index (χ4v) is 2.22. The van der Waals surface area contributed by atoms with E-state index in [1.807, 2.05) is 13.0 Å². The molecule has 0 radical (unpaired) electrons. The summed E-state index contributed by atoms with van der Waals surface area (Å²) < 4.78 is 22.5. The second-order valence-corrected chi connectivity index (χ2v) is 5.79. The van der Waals surface area contributed by atoms with E-state index in [9.17, 15) is 8.42 Å². The van der Waals surface area contributed by atoms with Gasteiger partial charge in [0.2, 0.25) is 10.0 Å². The average Bonchev–Trinajstić information content (AvgIpc) is 2.37. The van der Waals surface area contributed by atoms with E-state index in [1.165, 1.54) is 12.1 Å². The fraction of sp³-hybridized carbons (Fsp3) is 0.154. The van der Waals surface area contributed by atoms with Gasteiger partial charge >= 0.3 is 0 Å². The van der Waals surface area contributed by atoms with Gasteiger partial charge in [-0.05, 0) is 42.3 Å². The second kappa shape index (κ2) is 5.38. The van der Waals surface area contributed by atoms with Crippen LogP contribution in [0.25, 0.3) is 0 Å². The predicted octanol–water partition coefficient (Wildman–Crippen LogP) is 1.65. The monoisotopic (exact) mass is 277 g/mol. The van der Waals surface area contributed by atoms with Crippen LogP contribution in [0, 0.1) is 6.92 Å². The van der Waals surface area contributed by atoms with E-state index in [4.69, 9.17) is 5.14 Å². The van der Waals surface area contributed by atoms with Crippen molar-refractivity contribution in [2.24, 2.45) is 5.14 Å². The highest BCUT2D eigenvalue weighted by molar-refractivity contribution is 7.89. The molecule has 0 saturated carbocycles. The Kier molecular flexibility index (Phi) is 3.82. The number of nitrogens with zero attached hydrogens (tertiary/aromatic N) is 1. The minimum Gasteiger partial charge on any atom is -0.381 e. The Balaban J connectivity index is 2.15. The average molecular weight is 277 g/mol. The maximum Gasteiger partial charge on any atom is 0.238 e. The highest BCUT2D eigenvalue weighted by atomic mass is 32.2. The van der Waals surface area contributed by atoms with Gasteiger partial charge in [0.05, 0.1) is 4.90 Å². The summed E-state index contributed by atoms with van der Waals surface area (Å²) in [4.78, 5) is 4.16. The topological polar surface area (TPSA) is 85.1 Å². The molecule has 2 aromatic rings. The summed E-state index contributed by atoms with van der Waals surface area (Å²) >= 11 is 0. The summed E-state index contributed by atoms with van der Waals surface area (Å²) in [6.45, 7) is 2.58. The summed E-state index contributed by atoms with van der Waals surface area (Å²) in [6, 6.07) is 8.35. The molecule has 1 aromatic heterocycles. The summed E-state index contributed by atoms with van der Waals surface area (Å²) in [5.74, 6) is 0. The van der Waals surface area contributed by atoms with E-state index in [1.54, 1.807) is 24.5 Å². The fourth-order valence-electron chi connectivity index (χ4n) is 1.66. The van der Waals surface area contributed by atoms with Crippen LogP contribution in [-0.4, -0.2) is 13.4 Å². The van der Waals surface area contributed by atoms with Crippen LogP contribution in [0.4, 0.5) is 5.69 Å². The standard InChI is InChI=1S/C13H15N3O2S/c1-10-5-6-15-8-11(10)9-16-12-3-2-4-13(7-12)19(14,17)18/h2-8,16H,9H2,1H3,(H2,14,17,18). The van der Waals surface area contributed by atoms with Crippen LogP contribution in [0.3, 0.4) is 0 Å². The Morgan fingerprint density at radius 2 is 2.11 bits per heavy atom. The van der Waals surface area contributed by atoms with Crippen LogP contribution in [-0.2, 0) is 16.6 Å². The molecule has 0 spiro atoms. The molecular weight excluding hydrogens is 262 g/mol. The van der Waals surface area contributed by atoms with Gasteiger partial charge in [-0.25, -0.2) is 13.6 Å². The molecule has 0 amide bonds. The lowest BCUT2D eigenvalue weighted by Crippen LogP contribution is -2.12. The number of pyridine rings is 1. The van der Waals surface area contributed by atoms with E-state index in [2.05, 4.69) is 10.3 Å². The first-order chi connectivity index (χ1) is 8.97. The van der Waals surface area contributed by atoms with Gasteiger partial charge in [-0.2, -0.15) is 0 Å². The third-order valence-corrected chi connectivity index (χ3v) is 3.70. The van der Waals surface area contributed by atoms with E-state index in [0.717, 1.165) is 11.1 Å². The molecule has 19 heavy (non-hydrogen) atoms. The van der Waals surface area contributed by atoms with Crippen molar-refractivity contribution >= 4 is 15.7 Å². The number of rotatable bonds is 4. The summed E-state index contributed by atoms with van der Waals surface area (Å²) in [5.41, 5.74) is 2.89. The minimum absolute atomic E-state index is 0.0976. The van der Waals surface area contributed by atoms with Gasteiger partial charge in [0.15, 0.2) is 0 Å². The number of benzene rings is 1. The normalized spacial score (nSPS) is 11.3. The number of nitrogens with one attached hydrogen (secondary N) is 1. The molecule has 0 atom stereocenters. The Bertz CT molecular complexity index is 684. The zero-order valence-electron chi connectivity index (χ0n) is 10.5.